The van der Waals surface area contributed by atoms with Gasteiger partial charge in [0.2, 0.25) is 0 Å². The zero-order valence-electron chi connectivity index (χ0n) is 17.5. The average molecular weight is 405 g/mol. The number of hydrogen-bond acceptors (Lipinski definition) is 4. The van der Waals surface area contributed by atoms with E-state index in [9.17, 15) is 4.79 Å². The van der Waals surface area contributed by atoms with Crippen molar-refractivity contribution in [3.63, 3.8) is 0 Å². The lowest BCUT2D eigenvalue weighted by Crippen LogP contribution is -2.31. The van der Waals surface area contributed by atoms with Gasteiger partial charge in [0.25, 0.3) is 5.91 Å². The molecule has 156 valence electrons. The lowest BCUT2D eigenvalue weighted by molar-refractivity contribution is 0.0946. The van der Waals surface area contributed by atoms with E-state index in [1.807, 2.05) is 85.7 Å². The van der Waals surface area contributed by atoms with Crippen LogP contribution in [0.3, 0.4) is 0 Å². The highest BCUT2D eigenvalue weighted by Gasteiger charge is 2.15. The van der Waals surface area contributed by atoms with Gasteiger partial charge in [-0.25, -0.2) is 0 Å². The van der Waals surface area contributed by atoms with Gasteiger partial charge >= 0.3 is 0 Å². The molecule has 1 amide bonds. The van der Waals surface area contributed by atoms with Crippen LogP contribution in [0.15, 0.2) is 78.9 Å². The highest BCUT2D eigenvalue weighted by molar-refractivity contribution is 5.97. The van der Waals surface area contributed by atoms with Crippen LogP contribution in [-0.2, 0) is 13.2 Å². The zero-order chi connectivity index (χ0) is 21.2. The second kappa shape index (κ2) is 11.0. The van der Waals surface area contributed by atoms with Crippen molar-refractivity contribution in [3.8, 4) is 11.5 Å². The van der Waals surface area contributed by atoms with E-state index in [2.05, 4.69) is 5.32 Å². The molecule has 5 nitrogen and oxygen atoms in total. The van der Waals surface area contributed by atoms with E-state index in [0.29, 0.717) is 36.8 Å². The molecule has 0 unspecified atom stereocenters. The summed E-state index contributed by atoms with van der Waals surface area (Å²) in [7, 11) is 3.94. The van der Waals surface area contributed by atoms with Crippen LogP contribution < -0.4 is 14.8 Å². The average Bonchev–Trinajstić information content (AvgIpc) is 2.77. The van der Waals surface area contributed by atoms with Gasteiger partial charge in [-0.2, -0.15) is 0 Å². The first kappa shape index (κ1) is 21.4. The SMILES string of the molecule is CN(C)CCNC(=O)c1cc(OCc2ccccc2)ccc1OCc1ccccc1. The fourth-order valence-electron chi connectivity index (χ4n) is 2.87. The third kappa shape index (κ3) is 6.64. The number of carbonyl (C=O) groups is 1. The second-order valence-electron chi connectivity index (χ2n) is 7.27. The molecule has 0 fully saturated rings. The van der Waals surface area contributed by atoms with Gasteiger partial charge in [0.15, 0.2) is 0 Å². The Kier molecular flexibility index (Phi) is 7.86. The van der Waals surface area contributed by atoms with E-state index in [0.717, 1.165) is 17.7 Å². The molecule has 0 aliphatic heterocycles. The summed E-state index contributed by atoms with van der Waals surface area (Å²) < 4.78 is 11.9. The largest absolute Gasteiger partial charge is 0.489 e. The van der Waals surface area contributed by atoms with Crippen molar-refractivity contribution in [3.05, 3.63) is 95.6 Å². The molecule has 0 saturated heterocycles. The fraction of sp³-hybridized carbons (Fsp3) is 0.240. The Balaban J connectivity index is 1.73. The van der Waals surface area contributed by atoms with Gasteiger partial charge in [-0.05, 0) is 43.4 Å². The normalized spacial score (nSPS) is 10.6. The predicted molar refractivity (Wildman–Crippen MR) is 119 cm³/mol. The highest BCUT2D eigenvalue weighted by atomic mass is 16.5. The first-order valence-electron chi connectivity index (χ1n) is 10.0. The second-order valence-corrected chi connectivity index (χ2v) is 7.27. The molecule has 0 aliphatic rings. The summed E-state index contributed by atoms with van der Waals surface area (Å²) in [6.45, 7) is 2.14. The maximum absolute atomic E-state index is 12.8. The molecule has 0 aromatic heterocycles. The molecule has 0 heterocycles. The third-order valence-corrected chi connectivity index (χ3v) is 4.53. The Bertz CT molecular complexity index is 928. The van der Waals surface area contributed by atoms with Crippen molar-refractivity contribution < 1.29 is 14.3 Å². The van der Waals surface area contributed by atoms with Crippen molar-refractivity contribution in [2.45, 2.75) is 13.2 Å². The van der Waals surface area contributed by atoms with Gasteiger partial charge in [0, 0.05) is 13.1 Å². The quantitative estimate of drug-likeness (QED) is 0.552. The molecule has 1 N–H and O–H groups in total. The fourth-order valence-corrected chi connectivity index (χ4v) is 2.87. The van der Waals surface area contributed by atoms with Crippen molar-refractivity contribution >= 4 is 5.91 Å². The monoisotopic (exact) mass is 404 g/mol. The maximum Gasteiger partial charge on any atom is 0.255 e. The first-order valence-corrected chi connectivity index (χ1v) is 10.0. The summed E-state index contributed by atoms with van der Waals surface area (Å²) in [4.78, 5) is 14.8. The third-order valence-electron chi connectivity index (χ3n) is 4.53. The summed E-state index contributed by atoms with van der Waals surface area (Å²) in [6.07, 6.45) is 0. The van der Waals surface area contributed by atoms with Crippen LogP contribution in [0.25, 0.3) is 0 Å². The van der Waals surface area contributed by atoms with Gasteiger partial charge in [0.1, 0.15) is 24.7 Å². The number of likely N-dealkylation sites (N-methyl/N-ethyl adjacent to an activating group) is 1. The molecule has 0 spiro atoms. The smallest absolute Gasteiger partial charge is 0.255 e. The molecule has 3 rings (SSSR count). The van der Waals surface area contributed by atoms with Crippen LogP contribution in [0.2, 0.25) is 0 Å². The van der Waals surface area contributed by atoms with Gasteiger partial charge in [-0.1, -0.05) is 60.7 Å². The number of benzene rings is 3. The molecule has 3 aromatic carbocycles. The number of amides is 1. The van der Waals surface area contributed by atoms with E-state index in [-0.39, 0.29) is 5.91 Å². The molecule has 30 heavy (non-hydrogen) atoms. The Morgan fingerprint density at radius 1 is 0.833 bits per heavy atom. The number of hydrogen-bond donors (Lipinski definition) is 1. The van der Waals surface area contributed by atoms with E-state index in [4.69, 9.17) is 9.47 Å². The molecule has 0 aliphatic carbocycles. The Morgan fingerprint density at radius 3 is 2.03 bits per heavy atom. The van der Waals surface area contributed by atoms with Crippen LogP contribution in [0, 0.1) is 0 Å². The van der Waals surface area contributed by atoms with Gasteiger partial charge in [-0.3, -0.25) is 4.79 Å². The number of nitrogens with zero attached hydrogens (tertiary/aromatic N) is 1. The van der Waals surface area contributed by atoms with Crippen molar-refractivity contribution in [1.82, 2.24) is 10.2 Å². The standard InChI is InChI=1S/C25H28N2O3/c1-27(2)16-15-26-25(28)23-17-22(29-18-20-9-5-3-6-10-20)13-14-24(23)30-19-21-11-7-4-8-12-21/h3-14,17H,15-16,18-19H2,1-2H3,(H,26,28). The summed E-state index contributed by atoms with van der Waals surface area (Å²) in [5.74, 6) is 0.988. The minimum atomic E-state index is -0.176. The van der Waals surface area contributed by atoms with E-state index < -0.39 is 0 Å². The topological polar surface area (TPSA) is 50.8 Å². The first-order chi connectivity index (χ1) is 14.6. The van der Waals surface area contributed by atoms with E-state index in [1.165, 1.54) is 0 Å². The minimum Gasteiger partial charge on any atom is -0.489 e. The highest BCUT2D eigenvalue weighted by Crippen LogP contribution is 2.26. The van der Waals surface area contributed by atoms with Gasteiger partial charge in [0.05, 0.1) is 5.56 Å². The van der Waals surface area contributed by atoms with Gasteiger partial charge in [-0.15, -0.1) is 0 Å². The van der Waals surface area contributed by atoms with Crippen LogP contribution >= 0.6 is 0 Å². The molecule has 0 atom stereocenters. The predicted octanol–water partition coefficient (Wildman–Crippen LogP) is 4.14. The molecule has 5 heteroatoms. The number of nitrogens with one attached hydrogen (secondary N) is 1. The zero-order valence-corrected chi connectivity index (χ0v) is 17.5. The number of carbonyl (C=O) groups excluding carboxylic acids is 1. The summed E-state index contributed by atoms with van der Waals surface area (Å²) in [6, 6.07) is 25.2. The Labute approximate surface area is 178 Å². The number of ether oxygens (including phenoxy) is 2. The molecule has 3 aromatic rings. The summed E-state index contributed by atoms with van der Waals surface area (Å²) in [5.41, 5.74) is 2.58. The van der Waals surface area contributed by atoms with E-state index >= 15 is 0 Å². The summed E-state index contributed by atoms with van der Waals surface area (Å²) in [5, 5.41) is 2.95. The molecule has 0 radical (unpaired) electrons. The van der Waals surface area contributed by atoms with Crippen LogP contribution in [0.4, 0.5) is 0 Å². The van der Waals surface area contributed by atoms with Crippen molar-refractivity contribution in [2.24, 2.45) is 0 Å². The summed E-state index contributed by atoms with van der Waals surface area (Å²) >= 11 is 0. The minimum absolute atomic E-state index is 0.176. The van der Waals surface area contributed by atoms with Crippen molar-refractivity contribution in [2.75, 3.05) is 27.2 Å². The van der Waals surface area contributed by atoms with Crippen molar-refractivity contribution in [1.29, 1.82) is 0 Å². The maximum atomic E-state index is 12.8. The van der Waals surface area contributed by atoms with Crippen LogP contribution in [-0.4, -0.2) is 38.0 Å². The lowest BCUT2D eigenvalue weighted by atomic mass is 10.1. The van der Waals surface area contributed by atoms with Crippen LogP contribution in [0.5, 0.6) is 11.5 Å². The molecule has 0 bridgehead atoms. The Hall–Kier alpha value is -3.31. The van der Waals surface area contributed by atoms with Crippen LogP contribution in [0.1, 0.15) is 21.5 Å². The van der Waals surface area contributed by atoms with Gasteiger partial charge < -0.3 is 19.7 Å². The number of rotatable bonds is 10. The molecular formula is C25H28N2O3. The Morgan fingerprint density at radius 2 is 1.43 bits per heavy atom. The lowest BCUT2D eigenvalue weighted by Gasteiger charge is -2.15. The van der Waals surface area contributed by atoms with E-state index in [1.54, 1.807) is 12.1 Å². The molecular weight excluding hydrogens is 376 g/mol. The molecule has 0 saturated carbocycles.